The molecule has 0 aromatic rings. The molecule has 21 heavy (non-hydrogen) atoms. The maximum absolute atomic E-state index is 12.3. The lowest BCUT2D eigenvalue weighted by Gasteiger charge is -2.54. The second-order valence-electron chi connectivity index (χ2n) is 7.41. The van der Waals surface area contributed by atoms with Crippen LogP contribution in [-0.2, 0) is 9.53 Å². The molecule has 4 bridgehead atoms. The van der Waals surface area contributed by atoms with Crippen molar-refractivity contribution >= 4 is 18.3 Å². The highest BCUT2D eigenvalue weighted by atomic mass is 35.5. The number of carbonyl (C=O) groups excluding carboxylic acids is 1. The van der Waals surface area contributed by atoms with Crippen LogP contribution in [0.4, 0.5) is 0 Å². The number of nitrogens with one attached hydrogen (secondary N) is 1. The van der Waals surface area contributed by atoms with Crippen molar-refractivity contribution in [3.63, 3.8) is 0 Å². The van der Waals surface area contributed by atoms with Crippen LogP contribution >= 0.6 is 12.4 Å². The molecule has 4 saturated carbocycles. The van der Waals surface area contributed by atoms with Gasteiger partial charge in [-0.15, -0.1) is 12.4 Å². The molecular formula is C16H27ClN2O2. The molecule has 0 spiro atoms. The van der Waals surface area contributed by atoms with Crippen LogP contribution in [0.2, 0.25) is 0 Å². The summed E-state index contributed by atoms with van der Waals surface area (Å²) in [5.41, 5.74) is 0. The average Bonchev–Trinajstić information content (AvgIpc) is 2.43. The first kappa shape index (κ1) is 15.6. The van der Waals surface area contributed by atoms with Gasteiger partial charge in [0.05, 0.1) is 19.8 Å². The van der Waals surface area contributed by atoms with Crippen molar-refractivity contribution in [2.45, 2.75) is 38.1 Å². The predicted octanol–water partition coefficient (Wildman–Crippen LogP) is 1.68. The Bertz CT molecular complexity index is 356. The van der Waals surface area contributed by atoms with Gasteiger partial charge in [0.2, 0.25) is 5.91 Å². The Morgan fingerprint density at radius 1 is 1.00 bits per heavy atom. The van der Waals surface area contributed by atoms with Crippen LogP contribution in [0.25, 0.3) is 0 Å². The van der Waals surface area contributed by atoms with Crippen LogP contribution < -0.4 is 5.32 Å². The maximum atomic E-state index is 12.3. The fourth-order valence-corrected chi connectivity index (χ4v) is 5.35. The Balaban J connectivity index is 0.00000132. The molecule has 0 radical (unpaired) electrons. The van der Waals surface area contributed by atoms with E-state index in [4.69, 9.17) is 4.74 Å². The van der Waals surface area contributed by atoms with Crippen LogP contribution in [0.1, 0.15) is 32.1 Å². The largest absolute Gasteiger partial charge is 0.379 e. The number of ether oxygens (including phenoxy) is 1. The van der Waals surface area contributed by atoms with Gasteiger partial charge in [0, 0.05) is 19.1 Å². The third-order valence-corrected chi connectivity index (χ3v) is 6.03. The Labute approximate surface area is 133 Å². The van der Waals surface area contributed by atoms with E-state index in [1.807, 2.05) is 0 Å². The molecule has 1 heterocycles. The zero-order chi connectivity index (χ0) is 13.5. The van der Waals surface area contributed by atoms with Gasteiger partial charge in [0.25, 0.3) is 0 Å². The van der Waals surface area contributed by atoms with Crippen molar-refractivity contribution in [1.82, 2.24) is 10.2 Å². The fraction of sp³-hybridized carbons (Fsp3) is 0.938. The van der Waals surface area contributed by atoms with Crippen molar-refractivity contribution in [3.05, 3.63) is 0 Å². The number of rotatable bonds is 3. The number of hydrogen-bond acceptors (Lipinski definition) is 3. The number of carbonyl (C=O) groups is 1. The van der Waals surface area contributed by atoms with Crippen molar-refractivity contribution in [2.24, 2.45) is 23.7 Å². The average molecular weight is 315 g/mol. The summed E-state index contributed by atoms with van der Waals surface area (Å²) in [7, 11) is 0. The van der Waals surface area contributed by atoms with E-state index in [1.165, 1.54) is 32.1 Å². The van der Waals surface area contributed by atoms with E-state index in [0.29, 0.717) is 12.6 Å². The predicted molar refractivity (Wildman–Crippen MR) is 83.5 cm³/mol. The molecule has 5 heteroatoms. The normalized spacial score (nSPS) is 41.6. The first-order chi connectivity index (χ1) is 9.78. The van der Waals surface area contributed by atoms with Gasteiger partial charge in [-0.1, -0.05) is 0 Å². The van der Waals surface area contributed by atoms with Gasteiger partial charge in [-0.2, -0.15) is 0 Å². The van der Waals surface area contributed by atoms with Gasteiger partial charge in [0.1, 0.15) is 0 Å². The third-order valence-electron chi connectivity index (χ3n) is 6.03. The van der Waals surface area contributed by atoms with E-state index in [0.717, 1.165) is 50.0 Å². The summed E-state index contributed by atoms with van der Waals surface area (Å²) in [6.45, 7) is 3.90. The quantitative estimate of drug-likeness (QED) is 0.862. The zero-order valence-corrected chi connectivity index (χ0v) is 13.4. The number of amides is 1. The third kappa shape index (κ3) is 3.22. The highest BCUT2D eigenvalue weighted by Gasteiger charge is 2.48. The molecule has 0 unspecified atom stereocenters. The van der Waals surface area contributed by atoms with Crippen molar-refractivity contribution in [2.75, 3.05) is 32.8 Å². The standard InChI is InChI=1S/C16H26N2O2.ClH/c19-15(10-18-1-3-20-4-2-18)17-16-13-6-11-5-12(8-13)9-14(16)7-11;/h11-14,16H,1-10H2,(H,17,19);1H. The summed E-state index contributed by atoms with van der Waals surface area (Å²) >= 11 is 0. The van der Waals surface area contributed by atoms with Gasteiger partial charge in [0.15, 0.2) is 0 Å². The van der Waals surface area contributed by atoms with E-state index in [1.54, 1.807) is 0 Å². The molecule has 1 N–H and O–H groups in total. The Morgan fingerprint density at radius 3 is 2.14 bits per heavy atom. The molecule has 5 aliphatic rings. The van der Waals surface area contributed by atoms with Crippen LogP contribution in [0.5, 0.6) is 0 Å². The summed E-state index contributed by atoms with van der Waals surface area (Å²) in [6.07, 6.45) is 6.96. The summed E-state index contributed by atoms with van der Waals surface area (Å²) in [5.74, 6) is 3.75. The molecule has 1 saturated heterocycles. The number of hydrogen-bond donors (Lipinski definition) is 1. The van der Waals surface area contributed by atoms with Crippen LogP contribution in [0.3, 0.4) is 0 Å². The van der Waals surface area contributed by atoms with Crippen LogP contribution in [0.15, 0.2) is 0 Å². The van der Waals surface area contributed by atoms with E-state index in [2.05, 4.69) is 10.2 Å². The van der Waals surface area contributed by atoms with Gasteiger partial charge < -0.3 is 10.1 Å². The molecule has 5 rings (SSSR count). The van der Waals surface area contributed by atoms with Crippen molar-refractivity contribution in [3.8, 4) is 0 Å². The number of halogens is 1. The summed E-state index contributed by atoms with van der Waals surface area (Å²) in [4.78, 5) is 14.5. The van der Waals surface area contributed by atoms with Gasteiger partial charge in [-0.25, -0.2) is 0 Å². The second-order valence-corrected chi connectivity index (χ2v) is 7.41. The van der Waals surface area contributed by atoms with Crippen LogP contribution in [-0.4, -0.2) is 49.7 Å². The molecule has 120 valence electrons. The Morgan fingerprint density at radius 2 is 1.57 bits per heavy atom. The Kier molecular flexibility index (Phi) is 4.77. The fourth-order valence-electron chi connectivity index (χ4n) is 5.35. The van der Waals surface area contributed by atoms with Gasteiger partial charge >= 0.3 is 0 Å². The first-order valence-corrected chi connectivity index (χ1v) is 8.37. The second kappa shape index (κ2) is 6.43. The minimum atomic E-state index is 0. The van der Waals surface area contributed by atoms with Crippen molar-refractivity contribution in [1.29, 1.82) is 0 Å². The molecule has 5 fully saturated rings. The SMILES string of the molecule is Cl.O=C(CN1CCOCC1)NC1C2CC3CC(C2)CC1C3. The molecule has 0 atom stereocenters. The maximum Gasteiger partial charge on any atom is 0.234 e. The van der Waals surface area contributed by atoms with E-state index in [9.17, 15) is 4.79 Å². The minimum absolute atomic E-state index is 0. The Hall–Kier alpha value is -0.320. The lowest BCUT2D eigenvalue weighted by Crippen LogP contribution is -2.57. The summed E-state index contributed by atoms with van der Waals surface area (Å²) in [6, 6.07) is 0.483. The molecular weight excluding hydrogens is 288 g/mol. The molecule has 1 aliphatic heterocycles. The van der Waals surface area contributed by atoms with Crippen molar-refractivity contribution < 1.29 is 9.53 Å². The lowest BCUT2D eigenvalue weighted by molar-refractivity contribution is -0.127. The molecule has 0 aromatic heterocycles. The molecule has 1 amide bonds. The highest BCUT2D eigenvalue weighted by molar-refractivity contribution is 5.85. The summed E-state index contributed by atoms with van der Waals surface area (Å²) < 4.78 is 5.34. The number of morpholine rings is 1. The summed E-state index contributed by atoms with van der Waals surface area (Å²) in [5, 5.41) is 3.39. The smallest absolute Gasteiger partial charge is 0.234 e. The monoisotopic (exact) mass is 314 g/mol. The molecule has 4 aliphatic carbocycles. The van der Waals surface area contributed by atoms with E-state index >= 15 is 0 Å². The first-order valence-electron chi connectivity index (χ1n) is 8.37. The van der Waals surface area contributed by atoms with E-state index < -0.39 is 0 Å². The van der Waals surface area contributed by atoms with Gasteiger partial charge in [-0.05, 0) is 55.8 Å². The highest BCUT2D eigenvalue weighted by Crippen LogP contribution is 2.53. The van der Waals surface area contributed by atoms with Gasteiger partial charge in [-0.3, -0.25) is 9.69 Å². The van der Waals surface area contributed by atoms with Crippen LogP contribution in [0, 0.1) is 23.7 Å². The topological polar surface area (TPSA) is 41.6 Å². The minimum Gasteiger partial charge on any atom is -0.379 e. The lowest BCUT2D eigenvalue weighted by atomic mass is 9.54. The molecule has 0 aromatic carbocycles. The zero-order valence-electron chi connectivity index (χ0n) is 12.6. The number of nitrogens with zero attached hydrogens (tertiary/aromatic N) is 1. The van der Waals surface area contributed by atoms with E-state index in [-0.39, 0.29) is 18.3 Å². The molecule has 4 nitrogen and oxygen atoms in total.